The summed E-state index contributed by atoms with van der Waals surface area (Å²) in [6.45, 7) is 3.40. The molecule has 0 atom stereocenters. The average molecular weight is 428 g/mol. The lowest BCUT2D eigenvalue weighted by molar-refractivity contribution is -0.116. The molecule has 0 saturated carbocycles. The summed E-state index contributed by atoms with van der Waals surface area (Å²) in [4.78, 5) is 42.8. The Labute approximate surface area is 178 Å². The third-order valence-electron chi connectivity index (χ3n) is 4.76. The van der Waals surface area contributed by atoms with Gasteiger partial charge in [-0.2, -0.15) is 0 Å². The molecule has 0 fully saturated rings. The minimum atomic E-state index is -0.659. The van der Waals surface area contributed by atoms with E-state index in [0.29, 0.717) is 35.1 Å². The summed E-state index contributed by atoms with van der Waals surface area (Å²) in [6.07, 6.45) is 1.54. The third-order valence-corrected chi connectivity index (χ3v) is 4.76. The largest absolute Gasteiger partial charge is 0.497 e. The molecule has 1 aromatic carbocycles. The highest BCUT2D eigenvalue weighted by atomic mass is 16.5. The zero-order chi connectivity index (χ0) is 22.7. The summed E-state index contributed by atoms with van der Waals surface area (Å²) in [5.41, 5.74) is -0.0733. The van der Waals surface area contributed by atoms with Gasteiger partial charge in [0.2, 0.25) is 5.91 Å². The van der Waals surface area contributed by atoms with E-state index in [-0.39, 0.29) is 11.0 Å². The molecule has 10 nitrogen and oxygen atoms in total. The second-order valence-electron chi connectivity index (χ2n) is 6.75. The lowest BCUT2D eigenvalue weighted by atomic mass is 10.2. The quantitative estimate of drug-likeness (QED) is 0.606. The van der Waals surface area contributed by atoms with Gasteiger partial charge in [-0.3, -0.25) is 14.2 Å². The topological polar surface area (TPSA) is 114 Å². The fraction of sp³-hybridized carbons (Fsp3) is 0.333. The molecule has 0 radical (unpaired) electrons. The second kappa shape index (κ2) is 8.90. The SMILES string of the molecule is CCOc1c(C)cnc2c1c(=O)n(CC(=O)Nc1ccc(OC)cc1OC)c(=O)n2C. The van der Waals surface area contributed by atoms with Crippen LogP contribution in [0.4, 0.5) is 5.69 Å². The van der Waals surface area contributed by atoms with Crippen LogP contribution in [0, 0.1) is 6.92 Å². The van der Waals surface area contributed by atoms with Crippen LogP contribution in [-0.2, 0) is 18.4 Å². The minimum absolute atomic E-state index is 0.152. The maximum atomic E-state index is 13.2. The van der Waals surface area contributed by atoms with Crippen LogP contribution in [0.2, 0.25) is 0 Å². The molecule has 0 unspecified atom stereocenters. The van der Waals surface area contributed by atoms with Crippen molar-refractivity contribution >= 4 is 22.6 Å². The number of hydrogen-bond donors (Lipinski definition) is 1. The number of nitrogens with one attached hydrogen (secondary N) is 1. The lowest BCUT2D eigenvalue weighted by Gasteiger charge is -2.15. The molecule has 3 rings (SSSR count). The Morgan fingerprint density at radius 1 is 1.19 bits per heavy atom. The van der Waals surface area contributed by atoms with Crippen molar-refractivity contribution < 1.29 is 19.0 Å². The number of amides is 1. The molecule has 2 aromatic heterocycles. The lowest BCUT2D eigenvalue weighted by Crippen LogP contribution is -2.42. The Hall–Kier alpha value is -3.82. The van der Waals surface area contributed by atoms with Gasteiger partial charge in [-0.25, -0.2) is 14.3 Å². The number of methoxy groups -OCH3 is 2. The Morgan fingerprint density at radius 2 is 1.94 bits per heavy atom. The molecule has 3 aromatic rings. The van der Waals surface area contributed by atoms with E-state index in [4.69, 9.17) is 14.2 Å². The summed E-state index contributed by atoms with van der Waals surface area (Å²) in [7, 11) is 4.46. The fourth-order valence-electron chi connectivity index (χ4n) is 3.23. The summed E-state index contributed by atoms with van der Waals surface area (Å²) >= 11 is 0. The van der Waals surface area contributed by atoms with E-state index in [0.717, 1.165) is 4.57 Å². The van der Waals surface area contributed by atoms with Crippen LogP contribution in [0.3, 0.4) is 0 Å². The predicted octanol–water partition coefficient (Wildman–Crippen LogP) is 1.46. The summed E-state index contributed by atoms with van der Waals surface area (Å²) < 4.78 is 18.1. The van der Waals surface area contributed by atoms with Crippen molar-refractivity contribution in [2.45, 2.75) is 20.4 Å². The molecule has 1 amide bonds. The summed E-state index contributed by atoms with van der Waals surface area (Å²) in [5.74, 6) is 0.713. The Kier molecular flexibility index (Phi) is 6.28. The maximum Gasteiger partial charge on any atom is 0.332 e. The molecular formula is C21H24N4O6. The first kappa shape index (κ1) is 21.9. The van der Waals surface area contributed by atoms with E-state index in [9.17, 15) is 14.4 Å². The van der Waals surface area contributed by atoms with E-state index in [1.165, 1.54) is 25.8 Å². The number of aromatic nitrogens is 3. The molecule has 31 heavy (non-hydrogen) atoms. The van der Waals surface area contributed by atoms with E-state index in [2.05, 4.69) is 10.3 Å². The zero-order valence-corrected chi connectivity index (χ0v) is 18.0. The number of aryl methyl sites for hydroxylation is 2. The number of benzene rings is 1. The highest BCUT2D eigenvalue weighted by Gasteiger charge is 2.20. The molecular weight excluding hydrogens is 404 g/mol. The number of pyridine rings is 1. The number of anilines is 1. The van der Waals surface area contributed by atoms with Crippen molar-refractivity contribution in [2.75, 3.05) is 26.1 Å². The van der Waals surface area contributed by atoms with Gasteiger partial charge < -0.3 is 19.5 Å². The van der Waals surface area contributed by atoms with Gasteiger partial charge in [0.05, 0.1) is 26.5 Å². The zero-order valence-electron chi connectivity index (χ0n) is 18.0. The van der Waals surface area contributed by atoms with Crippen molar-refractivity contribution in [2.24, 2.45) is 7.05 Å². The summed E-state index contributed by atoms with van der Waals surface area (Å²) in [6, 6.07) is 4.87. The number of carbonyl (C=O) groups excluding carboxylic acids is 1. The van der Waals surface area contributed by atoms with Gasteiger partial charge in [0.25, 0.3) is 5.56 Å². The van der Waals surface area contributed by atoms with Gasteiger partial charge in [-0.1, -0.05) is 0 Å². The van der Waals surface area contributed by atoms with Crippen LogP contribution in [0.1, 0.15) is 12.5 Å². The molecule has 0 spiro atoms. The van der Waals surface area contributed by atoms with Gasteiger partial charge in [0.1, 0.15) is 29.2 Å². The molecule has 0 saturated heterocycles. The van der Waals surface area contributed by atoms with Crippen LogP contribution >= 0.6 is 0 Å². The first-order valence-corrected chi connectivity index (χ1v) is 9.56. The van der Waals surface area contributed by atoms with E-state index >= 15 is 0 Å². The van der Waals surface area contributed by atoms with Gasteiger partial charge in [-0.15, -0.1) is 0 Å². The normalized spacial score (nSPS) is 10.7. The van der Waals surface area contributed by atoms with Gasteiger partial charge in [0.15, 0.2) is 5.65 Å². The fourth-order valence-corrected chi connectivity index (χ4v) is 3.23. The number of fused-ring (bicyclic) bond motifs is 1. The number of rotatable bonds is 7. The van der Waals surface area contributed by atoms with Crippen molar-refractivity contribution in [1.82, 2.24) is 14.1 Å². The first-order valence-electron chi connectivity index (χ1n) is 9.56. The van der Waals surface area contributed by atoms with Crippen molar-refractivity contribution in [3.63, 3.8) is 0 Å². The molecule has 1 N–H and O–H groups in total. The van der Waals surface area contributed by atoms with Crippen LogP contribution in [0.15, 0.2) is 34.0 Å². The molecule has 0 aliphatic carbocycles. The number of carbonyl (C=O) groups is 1. The number of ether oxygens (including phenoxy) is 3. The predicted molar refractivity (Wildman–Crippen MR) is 115 cm³/mol. The average Bonchev–Trinajstić information content (AvgIpc) is 2.76. The van der Waals surface area contributed by atoms with Gasteiger partial charge >= 0.3 is 5.69 Å². The van der Waals surface area contributed by atoms with Crippen molar-refractivity contribution in [1.29, 1.82) is 0 Å². The van der Waals surface area contributed by atoms with Gasteiger partial charge in [-0.05, 0) is 26.0 Å². The maximum absolute atomic E-state index is 13.2. The van der Waals surface area contributed by atoms with Crippen LogP contribution in [-0.4, -0.2) is 40.9 Å². The standard InChI is InChI=1S/C21H24N4O6/c1-6-31-18-12(2)10-22-19-17(18)20(27)25(21(28)24(19)3)11-16(26)23-14-8-7-13(29-4)9-15(14)30-5/h7-10H,6,11H2,1-5H3,(H,23,26). The number of hydrogen-bond acceptors (Lipinski definition) is 7. The van der Waals surface area contributed by atoms with E-state index in [1.54, 1.807) is 38.2 Å². The highest BCUT2D eigenvalue weighted by molar-refractivity contribution is 5.92. The minimum Gasteiger partial charge on any atom is -0.497 e. The Balaban J connectivity index is 2.04. The molecule has 10 heteroatoms. The molecule has 0 aliphatic rings. The molecule has 0 aliphatic heterocycles. The monoisotopic (exact) mass is 428 g/mol. The first-order chi connectivity index (χ1) is 14.8. The van der Waals surface area contributed by atoms with Crippen LogP contribution in [0.25, 0.3) is 11.0 Å². The van der Waals surface area contributed by atoms with E-state index in [1.807, 2.05) is 0 Å². The second-order valence-corrected chi connectivity index (χ2v) is 6.75. The molecule has 0 bridgehead atoms. The van der Waals surface area contributed by atoms with Gasteiger partial charge in [0, 0.05) is 24.9 Å². The van der Waals surface area contributed by atoms with Crippen LogP contribution < -0.4 is 30.8 Å². The number of nitrogens with zero attached hydrogens (tertiary/aromatic N) is 3. The van der Waals surface area contributed by atoms with Crippen LogP contribution in [0.5, 0.6) is 17.2 Å². The van der Waals surface area contributed by atoms with Crippen molar-refractivity contribution in [3.8, 4) is 17.2 Å². The molecule has 2 heterocycles. The summed E-state index contributed by atoms with van der Waals surface area (Å²) in [5, 5.41) is 2.81. The van der Waals surface area contributed by atoms with E-state index < -0.39 is 23.7 Å². The Bertz CT molecular complexity index is 1260. The highest BCUT2D eigenvalue weighted by Crippen LogP contribution is 2.29. The third kappa shape index (κ3) is 4.09. The Morgan fingerprint density at radius 3 is 2.58 bits per heavy atom. The molecule has 164 valence electrons. The smallest absolute Gasteiger partial charge is 0.332 e. The van der Waals surface area contributed by atoms with Crippen molar-refractivity contribution in [3.05, 3.63) is 50.8 Å².